The van der Waals surface area contributed by atoms with Crippen LogP contribution in [0.3, 0.4) is 0 Å². The molecule has 0 aliphatic rings. The molecule has 0 aromatic heterocycles. The second-order valence-corrected chi connectivity index (χ2v) is 5.26. The van der Waals surface area contributed by atoms with Crippen LogP contribution in [0.15, 0.2) is 16.6 Å². The molecule has 0 heterocycles. The second kappa shape index (κ2) is 7.28. The molecule has 18 heavy (non-hydrogen) atoms. The zero-order valence-corrected chi connectivity index (χ0v) is 13.2. The lowest BCUT2D eigenvalue weighted by molar-refractivity contribution is 0.147. The summed E-state index contributed by atoms with van der Waals surface area (Å²) in [6.07, 6.45) is -2.49. The Morgan fingerprint density at radius 1 is 1.11 bits per heavy atom. The minimum absolute atomic E-state index is 0.442. The highest BCUT2D eigenvalue weighted by atomic mass is 79.9. The monoisotopic (exact) mass is 386 g/mol. The average Bonchev–Trinajstić information content (AvgIpc) is 2.32. The number of hydrogen-bond acceptors (Lipinski definition) is 2. The van der Waals surface area contributed by atoms with Gasteiger partial charge in [0.05, 0.1) is 13.2 Å². The van der Waals surface area contributed by atoms with Gasteiger partial charge in [-0.05, 0) is 31.5 Å². The molecule has 2 nitrogen and oxygen atoms in total. The Morgan fingerprint density at radius 3 is 2.06 bits per heavy atom. The van der Waals surface area contributed by atoms with Crippen LogP contribution in [-0.2, 0) is 0 Å². The summed E-state index contributed by atoms with van der Waals surface area (Å²) >= 11 is 6.25. The summed E-state index contributed by atoms with van der Waals surface area (Å²) in [4.78, 5) is -1.04. The molecular weight excluding hydrogens is 374 g/mol. The lowest BCUT2D eigenvalue weighted by Gasteiger charge is -2.16. The first kappa shape index (κ1) is 15.7. The van der Waals surface area contributed by atoms with E-state index in [0.717, 1.165) is 0 Å². The van der Waals surface area contributed by atoms with Gasteiger partial charge in [-0.15, -0.1) is 0 Å². The fourth-order valence-electron chi connectivity index (χ4n) is 1.43. The first-order chi connectivity index (χ1) is 8.51. The Morgan fingerprint density at radius 2 is 1.61 bits per heavy atom. The molecule has 0 amide bonds. The molecule has 1 rings (SSSR count). The van der Waals surface area contributed by atoms with Crippen LogP contribution >= 0.6 is 31.9 Å². The SMILES string of the molecule is CCOc1cc(Br)c(C(Br)C(F)F)cc1OCC. The summed E-state index contributed by atoms with van der Waals surface area (Å²) in [5, 5.41) is 0. The van der Waals surface area contributed by atoms with Crippen molar-refractivity contribution in [3.05, 3.63) is 22.2 Å². The molecule has 0 N–H and O–H groups in total. The van der Waals surface area contributed by atoms with Crippen molar-refractivity contribution in [3.63, 3.8) is 0 Å². The van der Waals surface area contributed by atoms with Crippen molar-refractivity contribution in [1.82, 2.24) is 0 Å². The van der Waals surface area contributed by atoms with Gasteiger partial charge in [-0.1, -0.05) is 31.9 Å². The molecule has 102 valence electrons. The molecule has 0 saturated heterocycles. The topological polar surface area (TPSA) is 18.5 Å². The number of hydrogen-bond donors (Lipinski definition) is 0. The summed E-state index contributed by atoms with van der Waals surface area (Å²) in [6.45, 7) is 4.61. The zero-order valence-electron chi connectivity index (χ0n) is 10.1. The third-order valence-electron chi connectivity index (χ3n) is 2.18. The normalized spacial score (nSPS) is 12.6. The molecule has 1 atom stereocenters. The third kappa shape index (κ3) is 3.82. The summed E-state index contributed by atoms with van der Waals surface area (Å²) < 4.78 is 36.8. The smallest absolute Gasteiger partial charge is 0.255 e. The Bertz CT molecular complexity index is 400. The minimum atomic E-state index is -2.49. The van der Waals surface area contributed by atoms with E-state index in [1.807, 2.05) is 13.8 Å². The van der Waals surface area contributed by atoms with Crippen LogP contribution in [0.4, 0.5) is 8.78 Å². The quantitative estimate of drug-likeness (QED) is 0.643. The van der Waals surface area contributed by atoms with Gasteiger partial charge in [-0.25, -0.2) is 8.78 Å². The van der Waals surface area contributed by atoms with Gasteiger partial charge in [0.15, 0.2) is 11.5 Å². The first-order valence-corrected chi connectivity index (χ1v) is 7.23. The maximum Gasteiger partial charge on any atom is 0.255 e. The number of halogens is 4. The van der Waals surface area contributed by atoms with Crippen molar-refractivity contribution >= 4 is 31.9 Å². The van der Waals surface area contributed by atoms with Crippen LogP contribution in [0.2, 0.25) is 0 Å². The van der Waals surface area contributed by atoms with Gasteiger partial charge in [0, 0.05) is 4.47 Å². The maximum absolute atomic E-state index is 12.7. The molecule has 0 aliphatic heterocycles. The predicted molar refractivity (Wildman–Crippen MR) is 74.2 cm³/mol. The van der Waals surface area contributed by atoms with Crippen LogP contribution in [0.25, 0.3) is 0 Å². The van der Waals surface area contributed by atoms with Gasteiger partial charge in [-0.3, -0.25) is 0 Å². The van der Waals surface area contributed by atoms with E-state index < -0.39 is 11.3 Å². The highest BCUT2D eigenvalue weighted by molar-refractivity contribution is 9.11. The van der Waals surface area contributed by atoms with E-state index in [4.69, 9.17) is 9.47 Å². The van der Waals surface area contributed by atoms with E-state index in [2.05, 4.69) is 31.9 Å². The van der Waals surface area contributed by atoms with Crippen LogP contribution in [0.1, 0.15) is 24.2 Å². The summed E-state index contributed by atoms with van der Waals surface area (Å²) in [5.74, 6) is 1.02. The Hall–Kier alpha value is -0.360. The van der Waals surface area contributed by atoms with Crippen LogP contribution in [-0.4, -0.2) is 19.6 Å². The van der Waals surface area contributed by atoms with Crippen LogP contribution < -0.4 is 9.47 Å². The van der Waals surface area contributed by atoms with Crippen LogP contribution in [0.5, 0.6) is 11.5 Å². The van der Waals surface area contributed by atoms with E-state index in [-0.39, 0.29) is 0 Å². The predicted octanol–water partition coefficient (Wildman–Crippen LogP) is 4.95. The molecule has 1 aromatic rings. The van der Waals surface area contributed by atoms with Gasteiger partial charge in [0.2, 0.25) is 0 Å². The second-order valence-electron chi connectivity index (χ2n) is 3.42. The number of ether oxygens (including phenoxy) is 2. The summed E-state index contributed by atoms with van der Waals surface area (Å²) in [6, 6.07) is 3.23. The molecule has 0 aliphatic carbocycles. The van der Waals surface area contributed by atoms with Crippen molar-refractivity contribution < 1.29 is 18.3 Å². The molecule has 0 fully saturated rings. The zero-order chi connectivity index (χ0) is 13.7. The lowest BCUT2D eigenvalue weighted by Crippen LogP contribution is -2.05. The summed E-state index contributed by atoms with van der Waals surface area (Å²) in [5.41, 5.74) is 0.442. The van der Waals surface area contributed by atoms with Gasteiger partial charge >= 0.3 is 0 Å². The van der Waals surface area contributed by atoms with Gasteiger partial charge in [0.1, 0.15) is 4.83 Å². The summed E-state index contributed by atoms with van der Waals surface area (Å²) in [7, 11) is 0. The minimum Gasteiger partial charge on any atom is -0.490 e. The van der Waals surface area contributed by atoms with Gasteiger partial charge in [-0.2, -0.15) is 0 Å². The van der Waals surface area contributed by atoms with Crippen molar-refractivity contribution in [2.45, 2.75) is 25.1 Å². The fraction of sp³-hybridized carbons (Fsp3) is 0.500. The van der Waals surface area contributed by atoms with E-state index in [9.17, 15) is 8.78 Å². The number of benzene rings is 1. The van der Waals surface area contributed by atoms with Crippen molar-refractivity contribution in [1.29, 1.82) is 0 Å². The van der Waals surface area contributed by atoms with Crippen LogP contribution in [0, 0.1) is 0 Å². The van der Waals surface area contributed by atoms with Gasteiger partial charge < -0.3 is 9.47 Å². The van der Waals surface area contributed by atoms with Crippen molar-refractivity contribution in [2.24, 2.45) is 0 Å². The molecular formula is C12H14Br2F2O2. The van der Waals surface area contributed by atoms with E-state index in [0.29, 0.717) is 34.7 Å². The number of alkyl halides is 3. The van der Waals surface area contributed by atoms with Crippen molar-refractivity contribution in [2.75, 3.05) is 13.2 Å². The Labute approximate surface area is 122 Å². The third-order valence-corrected chi connectivity index (χ3v) is 3.76. The molecule has 1 unspecified atom stereocenters. The number of rotatable bonds is 6. The highest BCUT2D eigenvalue weighted by Crippen LogP contribution is 2.41. The first-order valence-electron chi connectivity index (χ1n) is 5.52. The fourth-order valence-corrected chi connectivity index (χ4v) is 2.69. The molecule has 6 heteroatoms. The average molecular weight is 388 g/mol. The van der Waals surface area contributed by atoms with Crippen molar-refractivity contribution in [3.8, 4) is 11.5 Å². The van der Waals surface area contributed by atoms with E-state index >= 15 is 0 Å². The Balaban J connectivity index is 3.17. The van der Waals surface area contributed by atoms with Gasteiger partial charge in [0.25, 0.3) is 6.43 Å². The molecule has 1 aromatic carbocycles. The molecule has 0 bridgehead atoms. The standard InChI is InChI=1S/C12H14Br2F2O2/c1-3-17-9-5-7(11(14)12(15)16)8(13)6-10(9)18-4-2/h5-6,11-12H,3-4H2,1-2H3. The molecule has 0 spiro atoms. The molecule has 0 saturated carbocycles. The lowest BCUT2D eigenvalue weighted by atomic mass is 10.1. The largest absolute Gasteiger partial charge is 0.490 e. The molecule has 0 radical (unpaired) electrons. The maximum atomic E-state index is 12.7. The Kier molecular flexibility index (Phi) is 6.35. The van der Waals surface area contributed by atoms with E-state index in [1.54, 1.807) is 12.1 Å². The van der Waals surface area contributed by atoms with E-state index in [1.165, 1.54) is 0 Å². The highest BCUT2D eigenvalue weighted by Gasteiger charge is 2.23.